The number of hydrogen-bond acceptors (Lipinski definition) is 5. The lowest BCUT2D eigenvalue weighted by atomic mass is 9.82. The maximum Gasteiger partial charge on any atom is 0.317 e. The van der Waals surface area contributed by atoms with E-state index < -0.39 is 11.4 Å². The predicted molar refractivity (Wildman–Crippen MR) is 105 cm³/mol. The quantitative estimate of drug-likeness (QED) is 0.830. The Labute approximate surface area is 166 Å². The van der Waals surface area contributed by atoms with Gasteiger partial charge in [-0.1, -0.05) is 6.07 Å². The molecule has 1 atom stereocenters. The summed E-state index contributed by atoms with van der Waals surface area (Å²) in [6.45, 7) is 6.31. The number of carbonyl (C=O) groups is 2. The summed E-state index contributed by atoms with van der Waals surface area (Å²) in [6, 6.07) is 5.91. The minimum atomic E-state index is -0.820. The van der Waals surface area contributed by atoms with Crippen molar-refractivity contribution in [3.63, 3.8) is 0 Å². The highest BCUT2D eigenvalue weighted by molar-refractivity contribution is 5.87. The maximum atomic E-state index is 13.3. The fraction of sp³-hybridized carbons (Fsp3) is 0.619. The molecule has 1 amide bonds. The van der Waals surface area contributed by atoms with Crippen LogP contribution in [0.2, 0.25) is 0 Å². The van der Waals surface area contributed by atoms with Crippen molar-refractivity contribution >= 4 is 11.9 Å². The average Bonchev–Trinajstić information content (AvgIpc) is 2.92. The van der Waals surface area contributed by atoms with Crippen molar-refractivity contribution in [1.29, 1.82) is 0 Å². The van der Waals surface area contributed by atoms with Gasteiger partial charge in [0.25, 0.3) is 0 Å². The van der Waals surface area contributed by atoms with Crippen LogP contribution < -0.4 is 9.47 Å². The molecular weight excluding hydrogens is 360 g/mol. The van der Waals surface area contributed by atoms with E-state index in [1.807, 2.05) is 48.9 Å². The summed E-state index contributed by atoms with van der Waals surface area (Å²) in [5.74, 6) is 0.679. The number of fused-ring (bicyclic) bond motifs is 1. The zero-order chi connectivity index (χ0) is 20.3. The Balaban J connectivity index is 1.69. The maximum absolute atomic E-state index is 13.3. The second-order valence-corrected chi connectivity index (χ2v) is 8.17. The van der Waals surface area contributed by atoms with Crippen LogP contribution in [0.5, 0.6) is 11.5 Å². The molecule has 28 heavy (non-hydrogen) atoms. The van der Waals surface area contributed by atoms with Crippen LogP contribution in [0.25, 0.3) is 0 Å². The van der Waals surface area contributed by atoms with Gasteiger partial charge < -0.3 is 19.5 Å². The number of nitrogens with zero attached hydrogens (tertiary/aromatic N) is 2. The van der Waals surface area contributed by atoms with Gasteiger partial charge in [-0.2, -0.15) is 0 Å². The van der Waals surface area contributed by atoms with Crippen LogP contribution in [0.1, 0.15) is 38.7 Å². The molecule has 2 aliphatic rings. The van der Waals surface area contributed by atoms with Gasteiger partial charge in [0.2, 0.25) is 5.91 Å². The molecule has 1 fully saturated rings. The number of rotatable bonds is 5. The number of carboxylic acid groups (broad SMARTS) is 1. The molecule has 154 valence electrons. The summed E-state index contributed by atoms with van der Waals surface area (Å²) in [7, 11) is 1.84. The lowest BCUT2D eigenvalue weighted by molar-refractivity contribution is -0.139. The van der Waals surface area contributed by atoms with Gasteiger partial charge in [-0.3, -0.25) is 14.5 Å². The highest BCUT2D eigenvalue weighted by Crippen LogP contribution is 2.36. The molecular formula is C21H30N2O5. The van der Waals surface area contributed by atoms with E-state index in [0.29, 0.717) is 32.1 Å². The fourth-order valence-electron chi connectivity index (χ4n) is 4.02. The molecule has 2 heterocycles. The van der Waals surface area contributed by atoms with Gasteiger partial charge in [-0.05, 0) is 57.9 Å². The van der Waals surface area contributed by atoms with Crippen molar-refractivity contribution in [1.82, 2.24) is 9.80 Å². The summed E-state index contributed by atoms with van der Waals surface area (Å²) in [4.78, 5) is 28.1. The van der Waals surface area contributed by atoms with Gasteiger partial charge in [-0.25, -0.2) is 0 Å². The van der Waals surface area contributed by atoms with Crippen LogP contribution in [0.15, 0.2) is 18.2 Å². The smallest absolute Gasteiger partial charge is 0.317 e. The van der Waals surface area contributed by atoms with Crippen LogP contribution >= 0.6 is 0 Å². The predicted octanol–water partition coefficient (Wildman–Crippen LogP) is 2.13. The highest BCUT2D eigenvalue weighted by Gasteiger charge is 2.36. The summed E-state index contributed by atoms with van der Waals surface area (Å²) in [5.41, 5.74) is 0.230. The number of amides is 1. The second-order valence-electron chi connectivity index (χ2n) is 8.17. The van der Waals surface area contributed by atoms with Crippen molar-refractivity contribution in [2.75, 3.05) is 39.9 Å². The Hall–Kier alpha value is -2.28. The number of benzene rings is 1. The van der Waals surface area contributed by atoms with E-state index >= 15 is 0 Å². The zero-order valence-electron chi connectivity index (χ0n) is 16.9. The van der Waals surface area contributed by atoms with Crippen molar-refractivity contribution in [3.8, 4) is 11.5 Å². The molecule has 1 aromatic rings. The van der Waals surface area contributed by atoms with E-state index in [1.165, 1.54) is 0 Å². The third-order valence-corrected chi connectivity index (χ3v) is 5.79. The largest absolute Gasteiger partial charge is 0.486 e. The first-order valence-corrected chi connectivity index (χ1v) is 9.90. The summed E-state index contributed by atoms with van der Waals surface area (Å²) >= 11 is 0. The molecule has 0 radical (unpaired) electrons. The van der Waals surface area contributed by atoms with Crippen molar-refractivity contribution in [2.24, 2.45) is 0 Å². The Morgan fingerprint density at radius 2 is 1.89 bits per heavy atom. The molecule has 3 rings (SSSR count). The zero-order valence-corrected chi connectivity index (χ0v) is 16.9. The molecule has 1 aromatic carbocycles. The molecule has 7 nitrogen and oxygen atoms in total. The number of likely N-dealkylation sites (tertiary alicyclic amines) is 1. The molecule has 0 aliphatic carbocycles. The van der Waals surface area contributed by atoms with Gasteiger partial charge in [0.1, 0.15) is 13.2 Å². The van der Waals surface area contributed by atoms with E-state index in [1.54, 1.807) is 0 Å². The normalized spacial score (nSPS) is 20.0. The molecule has 1 unspecified atom stereocenters. The van der Waals surface area contributed by atoms with E-state index in [4.69, 9.17) is 14.6 Å². The van der Waals surface area contributed by atoms with Crippen LogP contribution in [0.3, 0.4) is 0 Å². The number of aliphatic carboxylic acids is 1. The molecule has 1 saturated heterocycles. The van der Waals surface area contributed by atoms with Gasteiger partial charge in [-0.15, -0.1) is 0 Å². The molecule has 7 heteroatoms. The summed E-state index contributed by atoms with van der Waals surface area (Å²) in [5, 5.41) is 9.02. The van der Waals surface area contributed by atoms with Crippen LogP contribution in [-0.2, 0) is 15.0 Å². The standard InChI is InChI=1S/C21H30N2O5/c1-21(2,15-6-7-17-18(13-15)28-12-11-27-17)20(26)23-9-4-5-16(8-10-23)22(3)14-19(24)25/h6-7,13,16H,4-5,8-12,14H2,1-3H3,(H,24,25). The Kier molecular flexibility index (Phi) is 6.13. The second kappa shape index (κ2) is 8.39. The first-order chi connectivity index (χ1) is 13.3. The van der Waals surface area contributed by atoms with E-state index in [0.717, 1.165) is 30.6 Å². The fourth-order valence-corrected chi connectivity index (χ4v) is 4.02. The summed E-state index contributed by atoms with van der Waals surface area (Å²) < 4.78 is 11.3. The number of carbonyl (C=O) groups excluding carboxylic acids is 1. The Morgan fingerprint density at radius 3 is 2.61 bits per heavy atom. The number of carboxylic acids is 1. The van der Waals surface area contributed by atoms with Crippen molar-refractivity contribution in [3.05, 3.63) is 23.8 Å². The third kappa shape index (κ3) is 4.41. The van der Waals surface area contributed by atoms with Gasteiger partial charge in [0.15, 0.2) is 11.5 Å². The van der Waals surface area contributed by atoms with Gasteiger partial charge in [0, 0.05) is 19.1 Å². The van der Waals surface area contributed by atoms with E-state index in [9.17, 15) is 9.59 Å². The number of ether oxygens (including phenoxy) is 2. The number of likely N-dealkylation sites (N-methyl/N-ethyl adjacent to an activating group) is 1. The Bertz CT molecular complexity index is 734. The summed E-state index contributed by atoms with van der Waals surface area (Å²) in [6.07, 6.45) is 2.56. The highest BCUT2D eigenvalue weighted by atomic mass is 16.6. The van der Waals surface area contributed by atoms with Crippen LogP contribution in [0, 0.1) is 0 Å². The first-order valence-electron chi connectivity index (χ1n) is 9.90. The molecule has 0 aromatic heterocycles. The first kappa shape index (κ1) is 20.5. The van der Waals surface area contributed by atoms with Gasteiger partial charge in [0.05, 0.1) is 12.0 Å². The Morgan fingerprint density at radius 1 is 1.18 bits per heavy atom. The van der Waals surface area contributed by atoms with Crippen molar-refractivity contribution in [2.45, 2.75) is 44.6 Å². The number of hydrogen-bond donors (Lipinski definition) is 1. The van der Waals surface area contributed by atoms with Crippen LogP contribution in [0.4, 0.5) is 0 Å². The lowest BCUT2D eigenvalue weighted by Crippen LogP contribution is -2.44. The third-order valence-electron chi connectivity index (χ3n) is 5.79. The molecule has 1 N–H and O–H groups in total. The minimum Gasteiger partial charge on any atom is -0.486 e. The molecule has 2 aliphatic heterocycles. The lowest BCUT2D eigenvalue weighted by Gasteiger charge is -2.32. The topological polar surface area (TPSA) is 79.3 Å². The monoisotopic (exact) mass is 390 g/mol. The van der Waals surface area contributed by atoms with Gasteiger partial charge >= 0.3 is 5.97 Å². The van der Waals surface area contributed by atoms with Crippen molar-refractivity contribution < 1.29 is 24.2 Å². The van der Waals surface area contributed by atoms with Crippen LogP contribution in [-0.4, -0.2) is 72.7 Å². The average molecular weight is 390 g/mol. The molecule has 0 bridgehead atoms. The minimum absolute atomic E-state index is 0.0291. The SMILES string of the molecule is CN(CC(=O)O)C1CCCN(C(=O)C(C)(C)c2ccc3c(c2)OCCO3)CC1. The van der Waals surface area contributed by atoms with E-state index in [2.05, 4.69) is 0 Å². The molecule has 0 saturated carbocycles. The molecule has 0 spiro atoms. The van der Waals surface area contributed by atoms with E-state index in [-0.39, 0.29) is 18.5 Å².